The van der Waals surface area contributed by atoms with Gasteiger partial charge in [0.25, 0.3) is 5.91 Å². The Morgan fingerprint density at radius 1 is 1.24 bits per heavy atom. The van der Waals surface area contributed by atoms with Crippen LogP contribution in [-0.4, -0.2) is 50.4 Å². The van der Waals surface area contributed by atoms with E-state index >= 15 is 0 Å². The second-order valence-corrected chi connectivity index (χ2v) is 12.8. The maximum atomic E-state index is 14.0. The maximum absolute atomic E-state index is 14.0. The second kappa shape index (κ2) is 9.98. The number of nitrogens with zero attached hydrogens (tertiary/aromatic N) is 4. The van der Waals surface area contributed by atoms with Crippen LogP contribution in [0.3, 0.4) is 0 Å². The number of carbonyl (C=O) groups is 2. The van der Waals surface area contributed by atoms with Crippen molar-refractivity contribution in [2.75, 3.05) is 13.1 Å². The van der Waals surface area contributed by atoms with Crippen molar-refractivity contribution in [1.29, 1.82) is 0 Å². The van der Waals surface area contributed by atoms with Crippen LogP contribution in [0.25, 0.3) is 15.4 Å². The number of hydrogen-bond acceptors (Lipinski definition) is 7. The van der Waals surface area contributed by atoms with Gasteiger partial charge in [-0.3, -0.25) is 9.20 Å². The van der Waals surface area contributed by atoms with Crippen molar-refractivity contribution < 1.29 is 14.3 Å². The fourth-order valence-corrected chi connectivity index (χ4v) is 7.93. The van der Waals surface area contributed by atoms with Crippen LogP contribution >= 0.6 is 34.3 Å². The van der Waals surface area contributed by atoms with E-state index in [9.17, 15) is 9.59 Å². The first kappa shape index (κ1) is 25.3. The molecule has 4 heterocycles. The predicted molar refractivity (Wildman–Crippen MR) is 149 cm³/mol. The van der Waals surface area contributed by atoms with Gasteiger partial charge in [-0.15, -0.1) is 22.7 Å². The molecule has 1 N–H and O–H groups in total. The Labute approximate surface area is 233 Å². The first-order chi connectivity index (χ1) is 18.3. The smallest absolute Gasteiger partial charge is 0.391 e. The molecule has 1 aliphatic carbocycles. The number of amides is 2. The van der Waals surface area contributed by atoms with Crippen molar-refractivity contribution in [3.63, 3.8) is 0 Å². The lowest BCUT2D eigenvalue weighted by atomic mass is 9.94. The number of aromatic nitrogens is 3. The van der Waals surface area contributed by atoms with E-state index < -0.39 is 6.09 Å². The van der Waals surface area contributed by atoms with Crippen molar-refractivity contribution in [2.24, 2.45) is 17.8 Å². The number of hydrogen-bond donors (Lipinski definition) is 1. The van der Waals surface area contributed by atoms with Gasteiger partial charge in [-0.25, -0.2) is 14.8 Å². The number of thiazole rings is 2. The predicted octanol–water partition coefficient (Wildman–Crippen LogP) is 6.06. The number of aryl methyl sites for hydroxylation is 2. The van der Waals surface area contributed by atoms with E-state index in [4.69, 9.17) is 16.3 Å². The second-order valence-electron chi connectivity index (χ2n) is 10.3. The standard InChI is InChI=1S/C27H28ClN5O3S2/c1-14-9-18-13-33(24(34)22-23(38-16(3)31-22)17-5-4-6-19(28)11-17)21(20(18)10-14)12-29-27(35)36-25-15(2)30-26-32(25)7-8-37-26/h4-8,11,14,18,20-21H,9-10,12-13H2,1-3H3,(H,29,35)/t14?,18-,20-,21+/m0/s1. The van der Waals surface area contributed by atoms with Gasteiger partial charge < -0.3 is 15.0 Å². The third kappa shape index (κ3) is 4.58. The van der Waals surface area contributed by atoms with Gasteiger partial charge in [-0.05, 0) is 62.1 Å². The molecule has 38 heavy (non-hydrogen) atoms. The van der Waals surface area contributed by atoms with Gasteiger partial charge >= 0.3 is 6.09 Å². The lowest BCUT2D eigenvalue weighted by molar-refractivity contribution is 0.0702. The molecule has 2 fully saturated rings. The zero-order chi connectivity index (χ0) is 26.6. The van der Waals surface area contributed by atoms with Crippen molar-refractivity contribution in [3.8, 4) is 16.3 Å². The van der Waals surface area contributed by atoms with E-state index in [1.54, 1.807) is 4.40 Å². The minimum atomic E-state index is -0.549. The molecule has 198 valence electrons. The van der Waals surface area contributed by atoms with Crippen molar-refractivity contribution in [1.82, 2.24) is 24.6 Å². The number of fused-ring (bicyclic) bond motifs is 2. The van der Waals surface area contributed by atoms with Gasteiger partial charge in [0, 0.05) is 29.7 Å². The highest BCUT2D eigenvalue weighted by atomic mass is 35.5. The van der Waals surface area contributed by atoms with E-state index in [1.807, 2.05) is 54.6 Å². The number of ether oxygens (including phenoxy) is 1. The summed E-state index contributed by atoms with van der Waals surface area (Å²) < 4.78 is 7.42. The number of rotatable bonds is 5. The summed E-state index contributed by atoms with van der Waals surface area (Å²) in [7, 11) is 0. The van der Waals surface area contributed by atoms with Gasteiger partial charge in [-0.2, -0.15) is 0 Å². The minimum absolute atomic E-state index is 0.0989. The fourth-order valence-electron chi connectivity index (χ4n) is 6.08. The molecule has 6 rings (SSSR count). The van der Waals surface area contributed by atoms with Crippen molar-refractivity contribution in [3.05, 3.63) is 57.3 Å². The van der Waals surface area contributed by atoms with E-state index in [0.717, 1.165) is 33.3 Å². The first-order valence-electron chi connectivity index (χ1n) is 12.7. The van der Waals surface area contributed by atoms with Gasteiger partial charge in [0.1, 0.15) is 11.4 Å². The number of carbonyl (C=O) groups excluding carboxylic acids is 2. The molecule has 1 unspecified atom stereocenters. The molecule has 1 saturated heterocycles. The summed E-state index contributed by atoms with van der Waals surface area (Å²) in [5, 5.41) is 6.28. The molecule has 3 aromatic heterocycles. The lowest BCUT2D eigenvalue weighted by Gasteiger charge is -2.28. The molecule has 0 bridgehead atoms. The van der Waals surface area contributed by atoms with Crippen LogP contribution in [0.15, 0.2) is 35.8 Å². The minimum Gasteiger partial charge on any atom is -0.391 e. The Morgan fingerprint density at radius 2 is 2.08 bits per heavy atom. The van der Waals surface area contributed by atoms with Crippen molar-refractivity contribution in [2.45, 2.75) is 39.7 Å². The number of halogens is 1. The van der Waals surface area contributed by atoms with Gasteiger partial charge in [0.2, 0.25) is 5.88 Å². The molecule has 2 aliphatic rings. The zero-order valence-electron chi connectivity index (χ0n) is 21.3. The Kier molecular flexibility index (Phi) is 6.65. The van der Waals surface area contributed by atoms with Crippen LogP contribution in [0, 0.1) is 31.6 Å². The average molecular weight is 570 g/mol. The van der Waals surface area contributed by atoms with E-state index in [-0.39, 0.29) is 11.9 Å². The Balaban J connectivity index is 1.23. The molecule has 4 atom stereocenters. The normalized spacial score (nSPS) is 22.7. The third-order valence-corrected chi connectivity index (χ3v) is 9.63. The third-order valence-electron chi connectivity index (χ3n) is 7.62. The van der Waals surface area contributed by atoms with Crippen LogP contribution in [0.1, 0.15) is 41.0 Å². The molecule has 1 aliphatic heterocycles. The molecule has 8 nitrogen and oxygen atoms in total. The average Bonchev–Trinajstić information content (AvgIpc) is 3.67. The van der Waals surface area contributed by atoms with Crippen LogP contribution in [0.5, 0.6) is 5.88 Å². The maximum Gasteiger partial charge on any atom is 0.414 e. The quantitative estimate of drug-likeness (QED) is 0.315. The van der Waals surface area contributed by atoms with E-state index in [2.05, 4.69) is 22.2 Å². The Bertz CT molecular complexity index is 1530. The molecule has 1 saturated carbocycles. The van der Waals surface area contributed by atoms with Gasteiger partial charge in [-0.1, -0.05) is 30.7 Å². The van der Waals surface area contributed by atoms with Gasteiger partial charge in [0.15, 0.2) is 4.96 Å². The summed E-state index contributed by atoms with van der Waals surface area (Å²) in [5.41, 5.74) is 1.99. The molecule has 2 amide bonds. The molecule has 0 radical (unpaired) electrons. The van der Waals surface area contributed by atoms with Crippen molar-refractivity contribution >= 4 is 51.2 Å². The summed E-state index contributed by atoms with van der Waals surface area (Å²) >= 11 is 9.23. The lowest BCUT2D eigenvalue weighted by Crippen LogP contribution is -2.46. The zero-order valence-corrected chi connectivity index (χ0v) is 23.7. The molecule has 11 heteroatoms. The first-order valence-corrected chi connectivity index (χ1v) is 14.8. The van der Waals surface area contributed by atoms with Crippen LogP contribution in [-0.2, 0) is 0 Å². The van der Waals surface area contributed by atoms with E-state index in [1.165, 1.54) is 22.7 Å². The largest absolute Gasteiger partial charge is 0.414 e. The highest BCUT2D eigenvalue weighted by Crippen LogP contribution is 2.46. The highest BCUT2D eigenvalue weighted by molar-refractivity contribution is 7.15. The molecule has 1 aromatic carbocycles. The van der Waals surface area contributed by atoms with Gasteiger partial charge in [0.05, 0.1) is 15.9 Å². The summed E-state index contributed by atoms with van der Waals surface area (Å²) in [6.45, 7) is 6.97. The van der Waals surface area contributed by atoms with Crippen LogP contribution < -0.4 is 10.1 Å². The summed E-state index contributed by atoms with van der Waals surface area (Å²) in [4.78, 5) is 39.5. The fraction of sp³-hybridized carbons (Fsp3) is 0.407. The summed E-state index contributed by atoms with van der Waals surface area (Å²) in [6, 6.07) is 7.38. The highest BCUT2D eigenvalue weighted by Gasteiger charge is 2.48. The Morgan fingerprint density at radius 3 is 2.89 bits per heavy atom. The monoisotopic (exact) mass is 569 g/mol. The molecule has 4 aromatic rings. The SMILES string of the molecule is Cc1nc(C(=O)N2C[C@@H]3CC(C)C[C@@H]3[C@H]2CNC(=O)Oc2c(C)nc3sccn23)c(-c2cccc(Cl)c2)s1. The number of imidazole rings is 1. The number of nitrogens with one attached hydrogen (secondary N) is 1. The summed E-state index contributed by atoms with van der Waals surface area (Å²) in [5.74, 6) is 1.65. The number of benzene rings is 1. The molecular formula is C27H28ClN5O3S2. The Hall–Kier alpha value is -2.95. The summed E-state index contributed by atoms with van der Waals surface area (Å²) in [6.07, 6.45) is 3.40. The topological polar surface area (TPSA) is 88.8 Å². The van der Waals surface area contributed by atoms with E-state index in [0.29, 0.717) is 53.1 Å². The number of likely N-dealkylation sites (tertiary alicyclic amines) is 1. The van der Waals surface area contributed by atoms with Crippen LogP contribution in [0.4, 0.5) is 4.79 Å². The molecule has 0 spiro atoms. The molecular weight excluding hydrogens is 542 g/mol. The van der Waals surface area contributed by atoms with Crippen LogP contribution in [0.2, 0.25) is 5.02 Å².